The Morgan fingerprint density at radius 1 is 1.35 bits per heavy atom. The Morgan fingerprint density at radius 3 is 2.77 bits per heavy atom. The van der Waals surface area contributed by atoms with E-state index in [-0.39, 0.29) is 17.6 Å². The van der Waals surface area contributed by atoms with Crippen LogP contribution in [0.4, 0.5) is 5.69 Å². The number of furan rings is 1. The van der Waals surface area contributed by atoms with Crippen LogP contribution >= 0.6 is 24.0 Å². The minimum Gasteiger partial charge on any atom is -0.457 e. The molecule has 0 radical (unpaired) electrons. The second kappa shape index (κ2) is 10.2. The standard InChI is InChI=1S/C23H26N2O4S2/c1-4-16-10-15(2)20(11-16)24(3)23(26)22(31-14-30)13-19-8-9-21(29-19)17-6-5-7-18(12-17)25(27)28/h5-9,12-16,20H,4,10-11H2,1-3H3/b22-13-. The molecule has 1 aliphatic rings. The number of thioether (sulfide) groups is 1. The van der Waals surface area contributed by atoms with E-state index in [9.17, 15) is 14.9 Å². The lowest BCUT2D eigenvalue weighted by molar-refractivity contribution is -0.384. The van der Waals surface area contributed by atoms with Crippen LogP contribution in [-0.4, -0.2) is 33.5 Å². The maximum absolute atomic E-state index is 13.2. The molecule has 0 N–H and O–H groups in total. The summed E-state index contributed by atoms with van der Waals surface area (Å²) in [6.07, 6.45) is 4.98. The van der Waals surface area contributed by atoms with Gasteiger partial charge in [-0.1, -0.05) is 56.4 Å². The number of rotatable bonds is 8. The summed E-state index contributed by atoms with van der Waals surface area (Å²) in [6.45, 7) is 4.41. The Balaban J connectivity index is 1.82. The van der Waals surface area contributed by atoms with Crippen molar-refractivity contribution in [2.24, 2.45) is 11.8 Å². The number of hydrogen-bond acceptors (Lipinski definition) is 6. The quantitative estimate of drug-likeness (QED) is 0.204. The van der Waals surface area contributed by atoms with Crippen molar-refractivity contribution >= 4 is 46.3 Å². The van der Waals surface area contributed by atoms with Gasteiger partial charge < -0.3 is 9.32 Å². The minimum atomic E-state index is -0.441. The van der Waals surface area contributed by atoms with Crippen LogP contribution in [0.5, 0.6) is 0 Å². The van der Waals surface area contributed by atoms with Gasteiger partial charge in [0.25, 0.3) is 11.6 Å². The fourth-order valence-electron chi connectivity index (χ4n) is 4.24. The van der Waals surface area contributed by atoms with Gasteiger partial charge in [0.2, 0.25) is 0 Å². The smallest absolute Gasteiger partial charge is 0.270 e. The third-order valence-corrected chi connectivity index (χ3v) is 6.89. The molecular weight excluding hydrogens is 432 g/mol. The van der Waals surface area contributed by atoms with E-state index in [0.29, 0.717) is 33.8 Å². The number of nitrogens with zero attached hydrogens (tertiary/aromatic N) is 2. The van der Waals surface area contributed by atoms with E-state index in [1.54, 1.807) is 30.3 Å². The van der Waals surface area contributed by atoms with E-state index in [4.69, 9.17) is 16.6 Å². The molecule has 1 amide bonds. The lowest BCUT2D eigenvalue weighted by Gasteiger charge is -2.28. The van der Waals surface area contributed by atoms with Crippen LogP contribution in [0, 0.1) is 22.0 Å². The maximum Gasteiger partial charge on any atom is 0.270 e. The normalized spacial score (nSPS) is 21.1. The molecule has 0 spiro atoms. The van der Waals surface area contributed by atoms with Crippen LogP contribution in [0.15, 0.2) is 45.7 Å². The third kappa shape index (κ3) is 5.43. The average molecular weight is 459 g/mol. The zero-order valence-corrected chi connectivity index (χ0v) is 19.4. The number of thiocarbonyl (C=S) groups is 1. The molecule has 6 nitrogen and oxygen atoms in total. The summed E-state index contributed by atoms with van der Waals surface area (Å²) < 4.78 is 7.33. The lowest BCUT2D eigenvalue weighted by Crippen LogP contribution is -2.39. The summed E-state index contributed by atoms with van der Waals surface area (Å²) in [4.78, 5) is 26.1. The van der Waals surface area contributed by atoms with Crippen molar-refractivity contribution in [3.8, 4) is 11.3 Å². The molecular formula is C23H26N2O4S2. The Morgan fingerprint density at radius 2 is 2.13 bits per heavy atom. The molecule has 31 heavy (non-hydrogen) atoms. The van der Waals surface area contributed by atoms with Gasteiger partial charge >= 0.3 is 0 Å². The highest BCUT2D eigenvalue weighted by molar-refractivity contribution is 8.24. The lowest BCUT2D eigenvalue weighted by atomic mass is 10.0. The second-order valence-electron chi connectivity index (χ2n) is 7.94. The van der Waals surface area contributed by atoms with Crippen molar-refractivity contribution in [2.75, 3.05) is 7.05 Å². The summed E-state index contributed by atoms with van der Waals surface area (Å²) in [5.41, 5.74) is 0.600. The summed E-state index contributed by atoms with van der Waals surface area (Å²) in [5.74, 6) is 2.03. The predicted molar refractivity (Wildman–Crippen MR) is 129 cm³/mol. The zero-order chi connectivity index (χ0) is 22.5. The third-order valence-electron chi connectivity index (χ3n) is 5.96. The number of amides is 1. The van der Waals surface area contributed by atoms with E-state index >= 15 is 0 Å². The number of nitro groups is 1. The fourth-order valence-corrected chi connectivity index (χ4v) is 5.08. The van der Waals surface area contributed by atoms with Crippen molar-refractivity contribution in [1.82, 2.24) is 4.90 Å². The Kier molecular flexibility index (Phi) is 7.67. The van der Waals surface area contributed by atoms with Crippen LogP contribution in [0.2, 0.25) is 0 Å². The van der Waals surface area contributed by atoms with Crippen LogP contribution in [-0.2, 0) is 4.79 Å². The molecule has 1 fully saturated rings. The highest BCUT2D eigenvalue weighted by Gasteiger charge is 2.35. The van der Waals surface area contributed by atoms with Crippen LogP contribution in [0.3, 0.4) is 0 Å². The van der Waals surface area contributed by atoms with Gasteiger partial charge in [0.1, 0.15) is 11.5 Å². The van der Waals surface area contributed by atoms with Crippen molar-refractivity contribution in [1.29, 1.82) is 0 Å². The van der Waals surface area contributed by atoms with E-state index in [1.807, 2.05) is 11.9 Å². The largest absolute Gasteiger partial charge is 0.457 e. The van der Waals surface area contributed by atoms with Crippen LogP contribution in [0.1, 0.15) is 38.9 Å². The van der Waals surface area contributed by atoms with E-state index < -0.39 is 4.92 Å². The molecule has 0 saturated heterocycles. The topological polar surface area (TPSA) is 76.6 Å². The Hall–Kier alpha value is -2.45. The van der Waals surface area contributed by atoms with E-state index in [0.717, 1.165) is 19.3 Å². The zero-order valence-electron chi connectivity index (χ0n) is 17.8. The molecule has 3 atom stereocenters. The molecule has 1 aromatic heterocycles. The monoisotopic (exact) mass is 458 g/mol. The Labute approximate surface area is 191 Å². The molecule has 1 heterocycles. The predicted octanol–water partition coefficient (Wildman–Crippen LogP) is 6.17. The molecule has 0 aliphatic heterocycles. The fraction of sp³-hybridized carbons (Fsp3) is 0.391. The first kappa shape index (κ1) is 23.2. The van der Waals surface area contributed by atoms with Crippen molar-refractivity contribution in [3.63, 3.8) is 0 Å². The minimum absolute atomic E-state index is 0.00388. The van der Waals surface area contributed by atoms with Crippen LogP contribution < -0.4 is 0 Å². The highest BCUT2D eigenvalue weighted by Crippen LogP contribution is 2.37. The number of benzene rings is 1. The van der Waals surface area contributed by atoms with Gasteiger partial charge in [-0.25, -0.2) is 0 Å². The molecule has 8 heteroatoms. The van der Waals surface area contributed by atoms with E-state index in [2.05, 4.69) is 13.8 Å². The number of carbonyl (C=O) groups is 1. The number of carbonyl (C=O) groups excluding carboxylic acids is 1. The molecule has 164 valence electrons. The van der Waals surface area contributed by atoms with Gasteiger partial charge in [0.15, 0.2) is 0 Å². The van der Waals surface area contributed by atoms with Gasteiger partial charge in [-0.05, 0) is 36.8 Å². The molecule has 3 unspecified atom stereocenters. The number of non-ortho nitro benzene ring substituents is 1. The SMILES string of the molecule is CCC1CC(C)C(N(C)C(=O)/C(=C/c2ccc(-c3cccc([N+](=O)[O-])c3)o2)SC=S)C1. The van der Waals surface area contributed by atoms with Gasteiger partial charge in [-0.3, -0.25) is 14.9 Å². The summed E-state index contributed by atoms with van der Waals surface area (Å²) in [6, 6.07) is 9.96. The summed E-state index contributed by atoms with van der Waals surface area (Å²) >= 11 is 6.19. The molecule has 3 rings (SSSR count). The highest BCUT2D eigenvalue weighted by atomic mass is 32.2. The summed E-state index contributed by atoms with van der Waals surface area (Å²) in [7, 11) is 1.86. The van der Waals surface area contributed by atoms with Gasteiger partial charge in [0, 0.05) is 41.6 Å². The first-order valence-electron chi connectivity index (χ1n) is 10.3. The summed E-state index contributed by atoms with van der Waals surface area (Å²) in [5, 5.41) is 11.0. The molecule has 0 bridgehead atoms. The first-order valence-corrected chi connectivity index (χ1v) is 11.6. The molecule has 1 saturated carbocycles. The molecule has 1 aliphatic carbocycles. The number of nitro benzene ring substituents is 1. The maximum atomic E-state index is 13.2. The van der Waals surface area contributed by atoms with Crippen molar-refractivity contribution in [2.45, 2.75) is 39.2 Å². The second-order valence-corrected chi connectivity index (χ2v) is 9.38. The van der Waals surface area contributed by atoms with Crippen molar-refractivity contribution in [3.05, 3.63) is 57.2 Å². The molecule has 2 aromatic rings. The van der Waals surface area contributed by atoms with Gasteiger partial charge in [-0.15, -0.1) is 0 Å². The van der Waals surface area contributed by atoms with Gasteiger partial charge in [0.05, 0.1) is 9.83 Å². The number of likely N-dealkylation sites (N-methyl/N-ethyl adjacent to an activating group) is 1. The van der Waals surface area contributed by atoms with Crippen molar-refractivity contribution < 1.29 is 14.1 Å². The average Bonchev–Trinajstić information content (AvgIpc) is 3.39. The Bertz CT molecular complexity index is 1000. The molecule has 1 aromatic carbocycles. The van der Waals surface area contributed by atoms with Gasteiger partial charge in [-0.2, -0.15) is 0 Å². The number of hydrogen-bond donors (Lipinski definition) is 0. The van der Waals surface area contributed by atoms with Crippen LogP contribution in [0.25, 0.3) is 17.4 Å². The van der Waals surface area contributed by atoms with E-state index in [1.165, 1.54) is 28.6 Å². The first-order chi connectivity index (χ1) is 14.8.